The van der Waals surface area contributed by atoms with Crippen molar-refractivity contribution in [1.82, 2.24) is 0 Å². The van der Waals surface area contributed by atoms with Gasteiger partial charge in [-0.05, 0) is 29.7 Å². The fourth-order valence-corrected chi connectivity index (χ4v) is 7.09. The predicted octanol–water partition coefficient (Wildman–Crippen LogP) is 2.18. The maximum absolute atomic E-state index is 13.8. The second kappa shape index (κ2) is 7.91. The molecule has 2 fully saturated rings. The number of ketones is 2. The van der Waals surface area contributed by atoms with E-state index >= 15 is 0 Å². The first-order chi connectivity index (χ1) is 16.9. The Bertz CT molecular complexity index is 1270. The van der Waals surface area contributed by atoms with Crippen LogP contribution in [0.1, 0.15) is 75.0 Å². The number of carbonyl (C=O) groups is 3. The van der Waals surface area contributed by atoms with Crippen LogP contribution >= 0.6 is 0 Å². The number of carbonyl (C=O) groups excluding carboxylic acids is 3. The van der Waals surface area contributed by atoms with Crippen molar-refractivity contribution >= 4 is 23.2 Å². The van der Waals surface area contributed by atoms with Crippen molar-refractivity contribution in [3.63, 3.8) is 0 Å². The molecule has 0 spiro atoms. The number of Topliss-reactive ketones (excluding diaryl/α,β-unsaturated/α-hetero) is 2. The van der Waals surface area contributed by atoms with Crippen LogP contribution in [0.3, 0.4) is 0 Å². The lowest BCUT2D eigenvalue weighted by Crippen LogP contribution is -2.63. The van der Waals surface area contributed by atoms with Crippen molar-refractivity contribution in [3.05, 3.63) is 45.7 Å². The van der Waals surface area contributed by atoms with Crippen LogP contribution in [0.4, 0.5) is 0 Å². The summed E-state index contributed by atoms with van der Waals surface area (Å²) < 4.78 is 0. The minimum Gasteiger partial charge on any atom is -0.508 e. The number of primary amides is 1. The molecule has 0 bridgehead atoms. The maximum atomic E-state index is 13.8. The van der Waals surface area contributed by atoms with E-state index in [1.54, 1.807) is 13.0 Å². The number of hydrogen-bond donors (Lipinski definition) is 6. The number of hydrogen-bond acceptors (Lipinski definition) is 8. The van der Waals surface area contributed by atoms with Gasteiger partial charge in [0.05, 0.1) is 11.7 Å². The average Bonchev–Trinajstić information content (AvgIpc) is 2.81. The second-order valence-electron chi connectivity index (χ2n) is 11.0. The molecule has 1 amide bonds. The average molecular weight is 498 g/mol. The monoisotopic (exact) mass is 497 g/mol. The second-order valence-corrected chi connectivity index (χ2v) is 11.0. The Labute approximate surface area is 207 Å². The van der Waals surface area contributed by atoms with E-state index in [-0.39, 0.29) is 22.3 Å². The van der Waals surface area contributed by atoms with E-state index in [2.05, 4.69) is 6.92 Å². The zero-order chi connectivity index (χ0) is 26.3. The van der Waals surface area contributed by atoms with E-state index in [1.165, 1.54) is 0 Å². The van der Waals surface area contributed by atoms with E-state index in [4.69, 9.17) is 5.73 Å². The lowest BCUT2D eigenvalue weighted by Gasteiger charge is -2.50. The molecule has 0 saturated heterocycles. The number of amides is 1. The summed E-state index contributed by atoms with van der Waals surface area (Å²) in [5.74, 6) is -8.31. The molecule has 192 valence electrons. The Kier molecular flexibility index (Phi) is 5.39. The smallest absolute Gasteiger partial charge is 0.255 e. The van der Waals surface area contributed by atoms with E-state index in [0.29, 0.717) is 11.1 Å². The topological polar surface area (TPSA) is 178 Å². The zero-order valence-electron chi connectivity index (χ0n) is 20.2. The van der Waals surface area contributed by atoms with Crippen LogP contribution in [0, 0.1) is 11.8 Å². The molecule has 5 atom stereocenters. The normalized spacial score (nSPS) is 33.7. The van der Waals surface area contributed by atoms with Crippen LogP contribution < -0.4 is 5.73 Å². The summed E-state index contributed by atoms with van der Waals surface area (Å²) in [5.41, 5.74) is 2.07. The molecule has 0 unspecified atom stereocenters. The SMILES string of the molecule is C[C@H]1c2ccc(C3(C)CCCCC3)c(O)c2C(O)=C2C(=O)[C@]3(O)C(O)=C(C(N)=O)C(=O)C[C@@H]3[C@@H](O)[C@@H]21. The first kappa shape index (κ1) is 24.5. The van der Waals surface area contributed by atoms with E-state index in [9.17, 15) is 39.9 Å². The minimum atomic E-state index is -2.82. The Morgan fingerprint density at radius 1 is 1.08 bits per heavy atom. The highest BCUT2D eigenvalue weighted by atomic mass is 16.4. The summed E-state index contributed by atoms with van der Waals surface area (Å²) in [5, 5.41) is 56.2. The molecule has 4 aliphatic rings. The molecule has 0 aliphatic heterocycles. The van der Waals surface area contributed by atoms with Gasteiger partial charge in [0.25, 0.3) is 5.91 Å². The Morgan fingerprint density at radius 3 is 2.33 bits per heavy atom. The number of nitrogens with two attached hydrogens (primary N) is 1. The van der Waals surface area contributed by atoms with Gasteiger partial charge in [-0.15, -0.1) is 0 Å². The largest absolute Gasteiger partial charge is 0.508 e. The van der Waals surface area contributed by atoms with Crippen molar-refractivity contribution < 1.29 is 39.9 Å². The van der Waals surface area contributed by atoms with Crippen LogP contribution in [-0.4, -0.2) is 54.7 Å². The molecule has 2 saturated carbocycles. The third kappa shape index (κ3) is 2.99. The van der Waals surface area contributed by atoms with Crippen molar-refractivity contribution in [3.8, 4) is 5.75 Å². The van der Waals surface area contributed by atoms with Gasteiger partial charge in [0, 0.05) is 29.4 Å². The lowest BCUT2D eigenvalue weighted by molar-refractivity contribution is -0.160. The molecule has 1 aromatic rings. The minimum absolute atomic E-state index is 0.0612. The predicted molar refractivity (Wildman–Crippen MR) is 128 cm³/mol. The first-order valence-electron chi connectivity index (χ1n) is 12.4. The van der Waals surface area contributed by atoms with Gasteiger partial charge in [-0.25, -0.2) is 0 Å². The quantitative estimate of drug-likeness (QED) is 0.337. The molecule has 9 nitrogen and oxygen atoms in total. The molecule has 0 heterocycles. The number of phenols is 1. The van der Waals surface area contributed by atoms with Gasteiger partial charge in [0.2, 0.25) is 5.78 Å². The van der Waals surface area contributed by atoms with Crippen molar-refractivity contribution in [2.45, 2.75) is 75.4 Å². The molecule has 9 heteroatoms. The van der Waals surface area contributed by atoms with Crippen LogP contribution in [0.5, 0.6) is 5.75 Å². The van der Waals surface area contributed by atoms with E-state index in [1.807, 2.05) is 6.07 Å². The van der Waals surface area contributed by atoms with E-state index in [0.717, 1.165) is 32.1 Å². The molecule has 1 aromatic carbocycles. The fourth-order valence-electron chi connectivity index (χ4n) is 7.09. The van der Waals surface area contributed by atoms with Gasteiger partial charge in [-0.3, -0.25) is 14.4 Å². The molecule has 0 aromatic heterocycles. The van der Waals surface area contributed by atoms with Crippen LogP contribution in [0.25, 0.3) is 5.76 Å². The number of aromatic hydroxyl groups is 1. The molecule has 5 rings (SSSR count). The van der Waals surface area contributed by atoms with Crippen molar-refractivity contribution in [1.29, 1.82) is 0 Å². The van der Waals surface area contributed by atoms with Crippen LogP contribution in [0.15, 0.2) is 29.0 Å². The summed E-state index contributed by atoms with van der Waals surface area (Å²) in [6.45, 7) is 3.79. The first-order valence-corrected chi connectivity index (χ1v) is 12.4. The summed E-state index contributed by atoms with van der Waals surface area (Å²) in [7, 11) is 0. The number of phenolic OH excluding ortho intramolecular Hbond substituents is 1. The number of rotatable bonds is 2. The van der Waals surface area contributed by atoms with Gasteiger partial charge in [0.1, 0.15) is 22.8 Å². The molecular weight excluding hydrogens is 466 g/mol. The molecule has 36 heavy (non-hydrogen) atoms. The molecule has 7 N–H and O–H groups in total. The van der Waals surface area contributed by atoms with Gasteiger partial charge in [-0.2, -0.15) is 0 Å². The van der Waals surface area contributed by atoms with Gasteiger partial charge >= 0.3 is 0 Å². The number of benzene rings is 1. The Balaban J connectivity index is 1.73. The Hall–Kier alpha value is -3.17. The third-order valence-corrected chi connectivity index (χ3v) is 9.11. The highest BCUT2D eigenvalue weighted by molar-refractivity contribution is 6.23. The van der Waals surface area contributed by atoms with Crippen LogP contribution in [0.2, 0.25) is 0 Å². The molecule has 0 radical (unpaired) electrons. The Morgan fingerprint density at radius 2 is 1.72 bits per heavy atom. The maximum Gasteiger partial charge on any atom is 0.255 e. The summed E-state index contributed by atoms with van der Waals surface area (Å²) >= 11 is 0. The zero-order valence-corrected chi connectivity index (χ0v) is 20.2. The van der Waals surface area contributed by atoms with Gasteiger partial charge in [-0.1, -0.05) is 45.2 Å². The third-order valence-electron chi connectivity index (χ3n) is 9.11. The van der Waals surface area contributed by atoms with Gasteiger partial charge in [0.15, 0.2) is 11.4 Å². The summed E-state index contributed by atoms with van der Waals surface area (Å²) in [4.78, 5) is 38.1. The number of aliphatic hydroxyl groups is 4. The van der Waals surface area contributed by atoms with Crippen molar-refractivity contribution in [2.75, 3.05) is 0 Å². The van der Waals surface area contributed by atoms with Crippen LogP contribution in [-0.2, 0) is 19.8 Å². The van der Waals surface area contributed by atoms with Crippen molar-refractivity contribution in [2.24, 2.45) is 17.6 Å². The summed E-state index contributed by atoms with van der Waals surface area (Å²) in [6.07, 6.45) is 2.72. The summed E-state index contributed by atoms with van der Waals surface area (Å²) in [6, 6.07) is 3.62. The van der Waals surface area contributed by atoms with Gasteiger partial charge < -0.3 is 31.3 Å². The highest BCUT2D eigenvalue weighted by Gasteiger charge is 2.65. The van der Waals surface area contributed by atoms with E-state index < -0.39 is 70.4 Å². The highest BCUT2D eigenvalue weighted by Crippen LogP contribution is 2.57. The molecule has 4 aliphatic carbocycles. The standard InChI is InChI=1S/C27H31NO8/c1-11-12-6-7-13(26(2)8-4-3-5-9-26)20(30)17(12)22(32)19-16(11)21(31)14-10-15(29)18(25(28)35)23(33)27(14,36)24(19)34/h6-7,11,14,16,21,30-33,36H,3-5,8-10H2,1-2H3,(H2,28,35)/t11-,14+,16+,21+,27+/m0/s1. The number of fused-ring (bicyclic) bond motifs is 3. The fraction of sp³-hybridized carbons (Fsp3) is 0.519. The number of aliphatic hydroxyl groups excluding tert-OH is 3. The lowest BCUT2D eigenvalue weighted by atomic mass is 9.55. The molecular formula is C27H31NO8.